The molecular formula is C13H11NO5S. The van der Waals surface area contributed by atoms with Crippen molar-refractivity contribution in [2.45, 2.75) is 12.2 Å². The number of hydrogen-bond donors (Lipinski definition) is 2. The number of rotatable bonds is 3. The third kappa shape index (κ3) is 1.79. The highest BCUT2D eigenvalue weighted by Gasteiger charge is 2.28. The molecule has 0 spiro atoms. The SMILES string of the molecule is CC(c1cc2c3c(cccc3c1)NC2=O)S(=O)(=O)OO. The molecule has 0 saturated heterocycles. The normalized spacial score (nSPS) is 15.4. The Kier molecular flexibility index (Phi) is 2.79. The van der Waals surface area contributed by atoms with E-state index in [-0.39, 0.29) is 5.91 Å². The maximum Gasteiger partial charge on any atom is 0.300 e. The van der Waals surface area contributed by atoms with Crippen LogP contribution in [0.15, 0.2) is 30.3 Å². The molecule has 6 nitrogen and oxygen atoms in total. The van der Waals surface area contributed by atoms with Gasteiger partial charge in [-0.2, -0.15) is 8.42 Å². The summed E-state index contributed by atoms with van der Waals surface area (Å²) in [6.07, 6.45) is 0. The Balaban J connectivity index is 2.25. The Labute approximate surface area is 115 Å². The highest BCUT2D eigenvalue weighted by atomic mass is 32.2. The van der Waals surface area contributed by atoms with E-state index in [4.69, 9.17) is 5.26 Å². The minimum Gasteiger partial charge on any atom is -0.321 e. The van der Waals surface area contributed by atoms with Gasteiger partial charge in [-0.05, 0) is 36.1 Å². The van der Waals surface area contributed by atoms with E-state index in [2.05, 4.69) is 9.65 Å². The van der Waals surface area contributed by atoms with Crippen LogP contribution in [0.25, 0.3) is 10.8 Å². The maximum atomic E-state index is 11.9. The van der Waals surface area contributed by atoms with E-state index >= 15 is 0 Å². The van der Waals surface area contributed by atoms with E-state index < -0.39 is 15.4 Å². The third-order valence-electron chi connectivity index (χ3n) is 3.50. The second-order valence-electron chi connectivity index (χ2n) is 4.64. The molecule has 1 atom stereocenters. The molecule has 1 unspecified atom stereocenters. The highest BCUT2D eigenvalue weighted by molar-refractivity contribution is 7.86. The average molecular weight is 293 g/mol. The van der Waals surface area contributed by atoms with Crippen LogP contribution in [0.2, 0.25) is 0 Å². The Bertz CT molecular complexity index is 828. The Morgan fingerprint density at radius 1 is 1.30 bits per heavy atom. The average Bonchev–Trinajstić information content (AvgIpc) is 2.76. The lowest BCUT2D eigenvalue weighted by atomic mass is 10.0. The smallest absolute Gasteiger partial charge is 0.300 e. The molecule has 0 saturated carbocycles. The van der Waals surface area contributed by atoms with Crippen LogP contribution in [0.5, 0.6) is 0 Å². The monoisotopic (exact) mass is 293 g/mol. The molecule has 1 heterocycles. The van der Waals surface area contributed by atoms with Gasteiger partial charge in [0.25, 0.3) is 16.0 Å². The van der Waals surface area contributed by atoms with Gasteiger partial charge in [-0.1, -0.05) is 12.1 Å². The van der Waals surface area contributed by atoms with E-state index in [1.54, 1.807) is 24.3 Å². The van der Waals surface area contributed by atoms with Gasteiger partial charge < -0.3 is 5.32 Å². The molecule has 1 aliphatic heterocycles. The van der Waals surface area contributed by atoms with Crippen molar-refractivity contribution in [1.82, 2.24) is 0 Å². The summed E-state index contributed by atoms with van der Waals surface area (Å²) in [5.41, 5.74) is 1.52. The zero-order valence-electron chi connectivity index (χ0n) is 10.5. The predicted octanol–water partition coefficient (Wildman–Crippen LogP) is 2.29. The third-order valence-corrected chi connectivity index (χ3v) is 4.84. The predicted molar refractivity (Wildman–Crippen MR) is 72.9 cm³/mol. The van der Waals surface area contributed by atoms with E-state index in [1.165, 1.54) is 13.0 Å². The topological polar surface area (TPSA) is 92.7 Å². The number of amides is 1. The quantitative estimate of drug-likeness (QED) is 0.669. The van der Waals surface area contributed by atoms with Crippen molar-refractivity contribution in [2.24, 2.45) is 0 Å². The molecule has 3 rings (SSSR count). The molecule has 7 heteroatoms. The van der Waals surface area contributed by atoms with Crippen LogP contribution in [0.1, 0.15) is 28.1 Å². The fraction of sp³-hybridized carbons (Fsp3) is 0.154. The first-order valence-electron chi connectivity index (χ1n) is 5.89. The first-order chi connectivity index (χ1) is 9.44. The Morgan fingerprint density at radius 2 is 2.05 bits per heavy atom. The summed E-state index contributed by atoms with van der Waals surface area (Å²) in [7, 11) is -4.12. The number of nitrogens with one attached hydrogen (secondary N) is 1. The second kappa shape index (κ2) is 4.27. The molecule has 20 heavy (non-hydrogen) atoms. The number of hydrogen-bond acceptors (Lipinski definition) is 5. The van der Waals surface area contributed by atoms with Gasteiger partial charge in [-0.25, -0.2) is 5.26 Å². The summed E-state index contributed by atoms with van der Waals surface area (Å²) in [5.74, 6) is -0.271. The summed E-state index contributed by atoms with van der Waals surface area (Å²) >= 11 is 0. The van der Waals surface area contributed by atoms with Crippen molar-refractivity contribution in [3.8, 4) is 0 Å². The van der Waals surface area contributed by atoms with Crippen LogP contribution < -0.4 is 5.32 Å². The fourth-order valence-electron chi connectivity index (χ4n) is 2.39. The minimum atomic E-state index is -4.12. The molecular weight excluding hydrogens is 282 g/mol. The molecule has 2 aromatic carbocycles. The van der Waals surface area contributed by atoms with E-state index in [1.807, 2.05) is 0 Å². The molecule has 2 N–H and O–H groups in total. The number of benzene rings is 2. The van der Waals surface area contributed by atoms with Crippen LogP contribution in [0, 0.1) is 0 Å². The van der Waals surface area contributed by atoms with Crippen molar-refractivity contribution >= 4 is 32.5 Å². The van der Waals surface area contributed by atoms with E-state index in [0.29, 0.717) is 16.8 Å². The molecule has 104 valence electrons. The van der Waals surface area contributed by atoms with Gasteiger partial charge in [0.1, 0.15) is 5.25 Å². The fourth-order valence-corrected chi connectivity index (χ4v) is 2.99. The maximum absolute atomic E-state index is 11.9. The lowest BCUT2D eigenvalue weighted by Gasteiger charge is -2.11. The largest absolute Gasteiger partial charge is 0.321 e. The molecule has 1 amide bonds. The first kappa shape index (κ1) is 13.0. The number of carbonyl (C=O) groups is 1. The lowest BCUT2D eigenvalue weighted by Crippen LogP contribution is -2.12. The van der Waals surface area contributed by atoms with Crippen LogP contribution in [-0.4, -0.2) is 19.6 Å². The Morgan fingerprint density at radius 3 is 2.75 bits per heavy atom. The minimum absolute atomic E-state index is 0.271. The summed E-state index contributed by atoms with van der Waals surface area (Å²) < 4.78 is 26.7. The summed E-state index contributed by atoms with van der Waals surface area (Å²) in [6.45, 7) is 1.39. The molecule has 0 bridgehead atoms. The first-order valence-corrected chi connectivity index (χ1v) is 7.36. The van der Waals surface area contributed by atoms with Gasteiger partial charge in [0.05, 0.1) is 0 Å². The van der Waals surface area contributed by atoms with Gasteiger partial charge in [0.15, 0.2) is 0 Å². The van der Waals surface area contributed by atoms with Crippen molar-refractivity contribution in [2.75, 3.05) is 5.32 Å². The van der Waals surface area contributed by atoms with Crippen molar-refractivity contribution in [1.29, 1.82) is 0 Å². The van der Waals surface area contributed by atoms with Crippen LogP contribution in [-0.2, 0) is 14.5 Å². The van der Waals surface area contributed by atoms with Crippen LogP contribution in [0.4, 0.5) is 5.69 Å². The molecule has 1 aliphatic rings. The lowest BCUT2D eigenvalue weighted by molar-refractivity contribution is -0.131. The molecule has 0 aromatic heterocycles. The molecule has 0 aliphatic carbocycles. The summed E-state index contributed by atoms with van der Waals surface area (Å²) in [5, 5.41) is 11.6. The van der Waals surface area contributed by atoms with Crippen molar-refractivity contribution < 1.29 is 22.8 Å². The Hall–Kier alpha value is -1.96. The van der Waals surface area contributed by atoms with Gasteiger partial charge in [0.2, 0.25) is 0 Å². The highest BCUT2D eigenvalue weighted by Crippen LogP contribution is 2.36. The van der Waals surface area contributed by atoms with E-state index in [9.17, 15) is 13.2 Å². The number of anilines is 1. The van der Waals surface area contributed by atoms with Crippen molar-refractivity contribution in [3.63, 3.8) is 0 Å². The summed E-state index contributed by atoms with van der Waals surface area (Å²) in [4.78, 5) is 11.9. The van der Waals surface area contributed by atoms with Crippen LogP contribution >= 0.6 is 0 Å². The molecule has 2 aromatic rings. The second-order valence-corrected chi connectivity index (χ2v) is 6.48. The van der Waals surface area contributed by atoms with Gasteiger partial charge in [-0.15, -0.1) is 4.33 Å². The van der Waals surface area contributed by atoms with Gasteiger partial charge in [0, 0.05) is 16.6 Å². The van der Waals surface area contributed by atoms with Gasteiger partial charge >= 0.3 is 0 Å². The molecule has 0 radical (unpaired) electrons. The van der Waals surface area contributed by atoms with Crippen LogP contribution in [0.3, 0.4) is 0 Å². The van der Waals surface area contributed by atoms with Crippen molar-refractivity contribution in [3.05, 3.63) is 41.5 Å². The zero-order valence-corrected chi connectivity index (χ0v) is 11.3. The molecule has 0 fully saturated rings. The van der Waals surface area contributed by atoms with Gasteiger partial charge in [-0.3, -0.25) is 4.79 Å². The standard InChI is InChI=1S/C13H11NO5S/c1-7(20(17,18)19-16)9-5-8-3-2-4-11-12(8)10(6-9)13(15)14-11/h2-7,16H,1H3,(H,14,15). The zero-order chi connectivity index (χ0) is 14.5. The number of carbonyl (C=O) groups excluding carboxylic acids is 1. The summed E-state index contributed by atoms with van der Waals surface area (Å²) in [6, 6.07) is 8.54. The van der Waals surface area contributed by atoms with E-state index in [0.717, 1.165) is 10.8 Å².